The summed E-state index contributed by atoms with van der Waals surface area (Å²) in [6.07, 6.45) is 4.50. The number of carbonyl (C=O) groups excluding carboxylic acids is 1. The number of anilines is 1. The van der Waals surface area contributed by atoms with Crippen LogP contribution in [0.1, 0.15) is 26.2 Å². The summed E-state index contributed by atoms with van der Waals surface area (Å²) in [6, 6.07) is 2.11. The number of aromatic nitrogens is 2. The standard InChI is InChI=1S/C19H27N5OS/c1-2-22-8-10-23(11-9-22)17(25)13-15-3-6-24(7-4-15)18-16-5-12-26-19(16)21-14-20-18/h5,12,14-15H,2-4,6-11,13H2,1H3. The third kappa shape index (κ3) is 3.69. The molecule has 26 heavy (non-hydrogen) atoms. The maximum absolute atomic E-state index is 12.6. The van der Waals surface area contributed by atoms with E-state index in [1.54, 1.807) is 17.7 Å². The van der Waals surface area contributed by atoms with Crippen LogP contribution >= 0.6 is 11.3 Å². The highest BCUT2D eigenvalue weighted by Crippen LogP contribution is 2.30. The molecule has 0 bridgehead atoms. The number of hydrogen-bond acceptors (Lipinski definition) is 6. The molecule has 6 nitrogen and oxygen atoms in total. The minimum absolute atomic E-state index is 0.349. The lowest BCUT2D eigenvalue weighted by Crippen LogP contribution is -2.49. The minimum atomic E-state index is 0.349. The molecular formula is C19H27N5OS. The fraction of sp³-hybridized carbons (Fsp3) is 0.632. The van der Waals surface area contributed by atoms with Crippen molar-refractivity contribution in [1.29, 1.82) is 0 Å². The van der Waals surface area contributed by atoms with Crippen LogP contribution in [0.4, 0.5) is 5.82 Å². The fourth-order valence-corrected chi connectivity index (χ4v) is 4.79. The largest absolute Gasteiger partial charge is 0.356 e. The molecule has 0 aromatic carbocycles. The van der Waals surface area contributed by atoms with Gasteiger partial charge in [-0.25, -0.2) is 9.97 Å². The Morgan fingerprint density at radius 3 is 2.65 bits per heavy atom. The van der Waals surface area contributed by atoms with Gasteiger partial charge in [0.2, 0.25) is 5.91 Å². The Balaban J connectivity index is 1.30. The predicted octanol–water partition coefficient (Wildman–Crippen LogP) is 2.46. The van der Waals surface area contributed by atoms with Gasteiger partial charge in [-0.2, -0.15) is 0 Å². The number of hydrogen-bond donors (Lipinski definition) is 0. The smallest absolute Gasteiger partial charge is 0.222 e. The van der Waals surface area contributed by atoms with Gasteiger partial charge in [-0.05, 0) is 36.8 Å². The molecule has 2 saturated heterocycles. The van der Waals surface area contributed by atoms with Gasteiger partial charge in [0.15, 0.2) is 0 Å². The number of carbonyl (C=O) groups is 1. The second-order valence-electron chi connectivity index (χ2n) is 7.29. The molecule has 2 aliphatic heterocycles. The molecule has 0 spiro atoms. The number of likely N-dealkylation sites (N-methyl/N-ethyl adjacent to an activating group) is 1. The predicted molar refractivity (Wildman–Crippen MR) is 106 cm³/mol. The van der Waals surface area contributed by atoms with E-state index in [9.17, 15) is 4.79 Å². The molecule has 2 aromatic heterocycles. The van der Waals surface area contributed by atoms with E-state index >= 15 is 0 Å². The molecule has 2 fully saturated rings. The lowest BCUT2D eigenvalue weighted by molar-refractivity contribution is -0.134. The monoisotopic (exact) mass is 373 g/mol. The van der Waals surface area contributed by atoms with Crippen LogP contribution in [-0.4, -0.2) is 71.5 Å². The lowest BCUT2D eigenvalue weighted by Gasteiger charge is -2.36. The summed E-state index contributed by atoms with van der Waals surface area (Å²) in [5, 5.41) is 3.23. The highest BCUT2D eigenvalue weighted by Gasteiger charge is 2.26. The first-order valence-corrected chi connectivity index (χ1v) is 10.6. The molecule has 1 amide bonds. The molecule has 0 aliphatic carbocycles. The van der Waals surface area contributed by atoms with Gasteiger partial charge in [0.25, 0.3) is 0 Å². The van der Waals surface area contributed by atoms with Crippen LogP contribution in [0.15, 0.2) is 17.8 Å². The van der Waals surface area contributed by atoms with E-state index in [0.29, 0.717) is 18.2 Å². The van der Waals surface area contributed by atoms with Gasteiger partial charge in [-0.3, -0.25) is 4.79 Å². The maximum atomic E-state index is 12.6. The van der Waals surface area contributed by atoms with Gasteiger partial charge in [0.1, 0.15) is 17.0 Å². The Bertz CT molecular complexity index is 747. The van der Waals surface area contributed by atoms with Gasteiger partial charge >= 0.3 is 0 Å². The van der Waals surface area contributed by atoms with Crippen molar-refractivity contribution < 1.29 is 4.79 Å². The third-order valence-electron chi connectivity index (χ3n) is 5.79. The average molecular weight is 374 g/mol. The fourth-order valence-electron chi connectivity index (χ4n) is 4.07. The molecule has 4 rings (SSSR count). The molecule has 0 saturated carbocycles. The number of nitrogens with zero attached hydrogens (tertiary/aromatic N) is 5. The second-order valence-corrected chi connectivity index (χ2v) is 8.18. The minimum Gasteiger partial charge on any atom is -0.356 e. The van der Waals surface area contributed by atoms with Gasteiger partial charge in [-0.1, -0.05) is 6.92 Å². The molecular weight excluding hydrogens is 346 g/mol. The summed E-state index contributed by atoms with van der Waals surface area (Å²) < 4.78 is 0. The molecule has 0 atom stereocenters. The summed E-state index contributed by atoms with van der Waals surface area (Å²) in [7, 11) is 0. The van der Waals surface area contributed by atoms with Crippen LogP contribution < -0.4 is 4.90 Å². The van der Waals surface area contributed by atoms with Crippen molar-refractivity contribution in [2.75, 3.05) is 50.7 Å². The zero-order valence-corrected chi connectivity index (χ0v) is 16.2. The van der Waals surface area contributed by atoms with E-state index in [-0.39, 0.29) is 0 Å². The zero-order chi connectivity index (χ0) is 17.9. The first-order valence-electron chi connectivity index (χ1n) is 9.68. The number of piperidine rings is 1. The lowest BCUT2D eigenvalue weighted by atomic mass is 9.92. The van der Waals surface area contributed by atoms with Gasteiger partial charge in [0.05, 0.1) is 5.39 Å². The highest BCUT2D eigenvalue weighted by atomic mass is 32.1. The number of rotatable bonds is 4. The van der Waals surface area contributed by atoms with Crippen molar-refractivity contribution in [3.63, 3.8) is 0 Å². The number of amides is 1. The summed E-state index contributed by atoms with van der Waals surface area (Å²) in [6.45, 7) is 9.04. The molecule has 4 heterocycles. The Hall–Kier alpha value is -1.73. The zero-order valence-electron chi connectivity index (χ0n) is 15.4. The molecule has 0 radical (unpaired) electrons. The van der Waals surface area contributed by atoms with E-state index in [4.69, 9.17) is 0 Å². The van der Waals surface area contributed by atoms with Crippen LogP contribution in [0.2, 0.25) is 0 Å². The topological polar surface area (TPSA) is 52.6 Å². The summed E-state index contributed by atoms with van der Waals surface area (Å²) in [5.74, 6) is 1.90. The first kappa shape index (κ1) is 17.7. The molecule has 2 aliphatic rings. The Kier molecular flexibility index (Phi) is 5.36. The second kappa shape index (κ2) is 7.88. The number of fused-ring (bicyclic) bond motifs is 1. The van der Waals surface area contributed by atoms with E-state index in [2.05, 4.69) is 43.0 Å². The molecule has 7 heteroatoms. The molecule has 2 aromatic rings. The maximum Gasteiger partial charge on any atom is 0.222 e. The normalized spacial score (nSPS) is 20.0. The summed E-state index contributed by atoms with van der Waals surface area (Å²) in [4.78, 5) is 29.4. The number of thiophene rings is 1. The van der Waals surface area contributed by atoms with Crippen molar-refractivity contribution >= 4 is 33.3 Å². The van der Waals surface area contributed by atoms with Gasteiger partial charge in [0, 0.05) is 45.7 Å². The SMILES string of the molecule is CCN1CCN(C(=O)CC2CCN(c3ncnc4sccc34)CC2)CC1. The highest BCUT2D eigenvalue weighted by molar-refractivity contribution is 7.16. The first-order chi connectivity index (χ1) is 12.7. The van der Waals surface area contributed by atoms with Gasteiger partial charge < -0.3 is 14.7 Å². The van der Waals surface area contributed by atoms with Crippen molar-refractivity contribution in [1.82, 2.24) is 19.8 Å². The quantitative estimate of drug-likeness (QED) is 0.824. The van der Waals surface area contributed by atoms with Crippen molar-refractivity contribution in [3.05, 3.63) is 17.8 Å². The Morgan fingerprint density at radius 2 is 1.92 bits per heavy atom. The molecule has 140 valence electrons. The van der Waals surface area contributed by atoms with Crippen molar-refractivity contribution in [3.8, 4) is 0 Å². The molecule has 0 unspecified atom stereocenters. The van der Waals surface area contributed by atoms with Crippen LogP contribution in [0.3, 0.4) is 0 Å². The van der Waals surface area contributed by atoms with E-state index in [1.165, 1.54) is 0 Å². The van der Waals surface area contributed by atoms with E-state index < -0.39 is 0 Å². The van der Waals surface area contributed by atoms with Crippen molar-refractivity contribution in [2.45, 2.75) is 26.2 Å². The number of piperazine rings is 1. The summed E-state index contributed by atoms with van der Waals surface area (Å²) >= 11 is 1.66. The average Bonchev–Trinajstić information content (AvgIpc) is 3.17. The van der Waals surface area contributed by atoms with Crippen LogP contribution in [-0.2, 0) is 4.79 Å². The Labute approximate surface area is 158 Å². The third-order valence-corrected chi connectivity index (χ3v) is 6.61. The molecule has 0 N–H and O–H groups in total. The van der Waals surface area contributed by atoms with Crippen LogP contribution in [0.5, 0.6) is 0 Å². The van der Waals surface area contributed by atoms with E-state index in [0.717, 1.165) is 74.7 Å². The summed E-state index contributed by atoms with van der Waals surface area (Å²) in [5.41, 5.74) is 0. The van der Waals surface area contributed by atoms with Crippen LogP contribution in [0, 0.1) is 5.92 Å². The Morgan fingerprint density at radius 1 is 1.15 bits per heavy atom. The van der Waals surface area contributed by atoms with E-state index in [1.807, 2.05) is 0 Å². The van der Waals surface area contributed by atoms with Crippen LogP contribution in [0.25, 0.3) is 10.2 Å². The van der Waals surface area contributed by atoms with Gasteiger partial charge in [-0.15, -0.1) is 11.3 Å². The van der Waals surface area contributed by atoms with Crippen molar-refractivity contribution in [2.24, 2.45) is 5.92 Å².